The molecular formula is C22H38I2N2O. The zero-order chi connectivity index (χ0) is 20.1. The summed E-state index contributed by atoms with van der Waals surface area (Å²) in [6.07, 6.45) is 6.54. The van der Waals surface area contributed by atoms with Crippen LogP contribution in [0.3, 0.4) is 0 Å². The Morgan fingerprint density at radius 1 is 0.926 bits per heavy atom. The van der Waals surface area contributed by atoms with Crippen molar-refractivity contribution in [2.45, 2.75) is 58.5 Å². The molecule has 3 rings (SSSR count). The number of benzene rings is 1. The first kappa shape index (κ1) is 25.4. The van der Waals surface area contributed by atoms with Gasteiger partial charge in [-0.1, -0.05) is 57.7 Å². The highest BCUT2D eigenvalue weighted by molar-refractivity contribution is 14.1. The van der Waals surface area contributed by atoms with Crippen molar-refractivity contribution in [3.8, 4) is 5.75 Å². The van der Waals surface area contributed by atoms with Gasteiger partial charge in [-0.25, -0.2) is 0 Å². The van der Waals surface area contributed by atoms with E-state index in [4.69, 9.17) is 4.74 Å². The molecule has 0 N–H and O–H groups in total. The average Bonchev–Trinajstić information content (AvgIpc) is 2.94. The molecule has 2 heterocycles. The van der Waals surface area contributed by atoms with Crippen LogP contribution in [0.5, 0.6) is 5.75 Å². The second-order valence-electron chi connectivity index (χ2n) is 7.35. The van der Waals surface area contributed by atoms with Crippen molar-refractivity contribution in [2.75, 3.05) is 42.6 Å². The lowest BCUT2D eigenvalue weighted by Crippen LogP contribution is -2.33. The van der Waals surface area contributed by atoms with Gasteiger partial charge in [0.2, 0.25) is 0 Å². The van der Waals surface area contributed by atoms with Crippen molar-refractivity contribution in [1.29, 1.82) is 0 Å². The SMILES string of the molecule is CC(C)N1CCCc2cc(OCCN3CCCCC3)ccc2C1.CI.CI. The van der Waals surface area contributed by atoms with Crippen molar-refractivity contribution in [1.82, 2.24) is 9.80 Å². The fourth-order valence-electron chi connectivity index (χ4n) is 3.77. The summed E-state index contributed by atoms with van der Waals surface area (Å²) in [7, 11) is 0. The maximum absolute atomic E-state index is 6.03. The largest absolute Gasteiger partial charge is 0.492 e. The molecule has 0 atom stereocenters. The molecule has 2 aliphatic heterocycles. The summed E-state index contributed by atoms with van der Waals surface area (Å²) >= 11 is 4.30. The van der Waals surface area contributed by atoms with Crippen LogP contribution in [-0.2, 0) is 13.0 Å². The summed E-state index contributed by atoms with van der Waals surface area (Å²) in [5, 5.41) is 0. The lowest BCUT2D eigenvalue weighted by atomic mass is 10.0. The Morgan fingerprint density at radius 3 is 2.30 bits per heavy atom. The second-order valence-corrected chi connectivity index (χ2v) is 7.35. The molecule has 1 aromatic carbocycles. The van der Waals surface area contributed by atoms with E-state index < -0.39 is 0 Å². The molecule has 0 radical (unpaired) electrons. The topological polar surface area (TPSA) is 15.7 Å². The van der Waals surface area contributed by atoms with Crippen LogP contribution in [0.1, 0.15) is 50.7 Å². The first-order valence-electron chi connectivity index (χ1n) is 10.2. The van der Waals surface area contributed by atoms with Gasteiger partial charge in [0.15, 0.2) is 0 Å². The molecule has 0 amide bonds. The molecule has 27 heavy (non-hydrogen) atoms. The maximum atomic E-state index is 6.03. The summed E-state index contributed by atoms with van der Waals surface area (Å²) in [4.78, 5) is 9.05. The predicted molar refractivity (Wildman–Crippen MR) is 136 cm³/mol. The summed E-state index contributed by atoms with van der Waals surface area (Å²) < 4.78 is 6.03. The molecule has 3 nitrogen and oxygen atoms in total. The summed E-state index contributed by atoms with van der Waals surface area (Å²) in [5.74, 6) is 1.05. The van der Waals surface area contributed by atoms with Gasteiger partial charge in [-0.05, 0) is 92.3 Å². The lowest BCUT2D eigenvalue weighted by Gasteiger charge is -2.26. The van der Waals surface area contributed by atoms with Gasteiger partial charge < -0.3 is 4.74 Å². The second kappa shape index (κ2) is 15.3. The van der Waals surface area contributed by atoms with E-state index in [0.717, 1.165) is 25.4 Å². The van der Waals surface area contributed by atoms with E-state index in [2.05, 4.69) is 87.0 Å². The molecule has 1 fully saturated rings. The van der Waals surface area contributed by atoms with E-state index in [-0.39, 0.29) is 0 Å². The minimum Gasteiger partial charge on any atom is -0.492 e. The molecule has 1 saturated heterocycles. The van der Waals surface area contributed by atoms with Crippen LogP contribution in [0.4, 0.5) is 0 Å². The first-order chi connectivity index (χ1) is 13.2. The number of hydrogen-bond donors (Lipinski definition) is 0. The van der Waals surface area contributed by atoms with Crippen LogP contribution in [0.2, 0.25) is 0 Å². The third-order valence-corrected chi connectivity index (χ3v) is 5.30. The number of alkyl halides is 2. The van der Waals surface area contributed by atoms with Crippen LogP contribution >= 0.6 is 45.2 Å². The molecule has 2 aliphatic rings. The molecule has 0 bridgehead atoms. The Balaban J connectivity index is 0.000000855. The van der Waals surface area contributed by atoms with Crippen LogP contribution < -0.4 is 4.74 Å². The Morgan fingerprint density at radius 2 is 1.63 bits per heavy atom. The Labute approximate surface area is 194 Å². The number of aryl methyl sites for hydroxylation is 1. The highest BCUT2D eigenvalue weighted by Crippen LogP contribution is 2.24. The third-order valence-electron chi connectivity index (χ3n) is 5.30. The minimum absolute atomic E-state index is 0.626. The van der Waals surface area contributed by atoms with Gasteiger partial charge in [-0.2, -0.15) is 0 Å². The molecule has 5 heteroatoms. The van der Waals surface area contributed by atoms with E-state index in [1.165, 1.54) is 62.9 Å². The highest BCUT2D eigenvalue weighted by Gasteiger charge is 2.17. The van der Waals surface area contributed by atoms with Gasteiger partial charge in [0.25, 0.3) is 0 Å². The monoisotopic (exact) mass is 600 g/mol. The standard InChI is InChI=1S/C20H32N2O.2CH3I/c1-17(2)22-12-6-7-18-15-20(9-8-19(18)16-22)23-14-13-21-10-4-3-5-11-21;2*1-2/h8-9,15,17H,3-7,10-14,16H2,1-2H3;2*1H3. The number of rotatable bonds is 5. The van der Waals surface area contributed by atoms with Crippen LogP contribution in [0.25, 0.3) is 0 Å². The lowest BCUT2D eigenvalue weighted by molar-refractivity contribution is 0.183. The van der Waals surface area contributed by atoms with E-state index in [1.807, 2.05) is 9.86 Å². The van der Waals surface area contributed by atoms with Crippen molar-refractivity contribution in [3.63, 3.8) is 0 Å². The average molecular weight is 600 g/mol. The quantitative estimate of drug-likeness (QED) is 0.314. The molecule has 0 spiro atoms. The Bertz CT molecular complexity index is 505. The fourth-order valence-corrected chi connectivity index (χ4v) is 3.77. The van der Waals surface area contributed by atoms with Crippen molar-refractivity contribution >= 4 is 45.2 Å². The van der Waals surface area contributed by atoms with Crippen molar-refractivity contribution in [3.05, 3.63) is 29.3 Å². The smallest absolute Gasteiger partial charge is 0.119 e. The van der Waals surface area contributed by atoms with E-state index in [1.54, 1.807) is 0 Å². The van der Waals surface area contributed by atoms with Crippen LogP contribution in [-0.4, -0.2) is 58.5 Å². The van der Waals surface area contributed by atoms with Gasteiger partial charge in [0.1, 0.15) is 12.4 Å². The van der Waals surface area contributed by atoms with Gasteiger partial charge in [0, 0.05) is 19.1 Å². The zero-order valence-electron chi connectivity index (χ0n) is 17.6. The molecular weight excluding hydrogens is 562 g/mol. The zero-order valence-corrected chi connectivity index (χ0v) is 22.0. The summed E-state index contributed by atoms with van der Waals surface area (Å²) in [6, 6.07) is 7.36. The van der Waals surface area contributed by atoms with Crippen molar-refractivity contribution in [2.24, 2.45) is 0 Å². The van der Waals surface area contributed by atoms with Gasteiger partial charge >= 0.3 is 0 Å². The maximum Gasteiger partial charge on any atom is 0.119 e. The molecule has 0 unspecified atom stereocenters. The van der Waals surface area contributed by atoms with E-state index >= 15 is 0 Å². The number of ether oxygens (including phenoxy) is 1. The predicted octanol–water partition coefficient (Wildman–Crippen LogP) is 5.81. The number of halogens is 2. The Hall–Kier alpha value is 0.400. The van der Waals surface area contributed by atoms with Gasteiger partial charge in [0.05, 0.1) is 0 Å². The number of likely N-dealkylation sites (tertiary alicyclic amines) is 1. The summed E-state index contributed by atoms with van der Waals surface area (Å²) in [5.41, 5.74) is 2.98. The van der Waals surface area contributed by atoms with Crippen LogP contribution in [0.15, 0.2) is 18.2 Å². The van der Waals surface area contributed by atoms with Crippen molar-refractivity contribution < 1.29 is 4.74 Å². The number of nitrogens with zero attached hydrogens (tertiary/aromatic N) is 2. The first-order valence-corrected chi connectivity index (χ1v) is 14.5. The number of piperidine rings is 1. The number of hydrogen-bond acceptors (Lipinski definition) is 3. The Kier molecular flexibility index (Phi) is 14.4. The van der Waals surface area contributed by atoms with E-state index in [0.29, 0.717) is 6.04 Å². The molecule has 1 aromatic rings. The molecule has 0 aliphatic carbocycles. The third kappa shape index (κ3) is 9.17. The number of fused-ring (bicyclic) bond motifs is 1. The highest BCUT2D eigenvalue weighted by atomic mass is 127. The fraction of sp³-hybridized carbons (Fsp3) is 0.727. The van der Waals surface area contributed by atoms with Gasteiger partial charge in [-0.3, -0.25) is 9.80 Å². The minimum atomic E-state index is 0.626. The normalized spacial score (nSPS) is 17.7. The van der Waals surface area contributed by atoms with Crippen LogP contribution in [0, 0.1) is 0 Å². The van der Waals surface area contributed by atoms with E-state index in [9.17, 15) is 0 Å². The van der Waals surface area contributed by atoms with Gasteiger partial charge in [-0.15, -0.1) is 0 Å². The molecule has 0 saturated carbocycles. The molecule has 0 aromatic heterocycles. The summed E-state index contributed by atoms with van der Waals surface area (Å²) in [6.45, 7) is 11.3. The molecule has 156 valence electrons.